The Morgan fingerprint density at radius 1 is 1.27 bits per heavy atom. The minimum Gasteiger partial charge on any atom is -0.356 e. The van der Waals surface area contributed by atoms with Gasteiger partial charge in [0, 0.05) is 41.4 Å². The molecule has 0 aliphatic heterocycles. The molecule has 1 fully saturated rings. The molecule has 0 saturated heterocycles. The van der Waals surface area contributed by atoms with E-state index in [1.165, 1.54) is 25.7 Å². The molecule has 0 bridgehead atoms. The van der Waals surface area contributed by atoms with Gasteiger partial charge in [-0.15, -0.1) is 0 Å². The molecule has 1 saturated carbocycles. The molecule has 22 heavy (non-hydrogen) atoms. The normalized spacial score (nSPS) is 19.7. The molecule has 0 heterocycles. The lowest BCUT2D eigenvalue weighted by Crippen LogP contribution is -2.47. The standard InChI is InChI=1S/C17H35N3OS/c1-14(2)12-17(8-7-9-17)13-20-15(18-6)19-10-11-22(21)16(3,4)5/h14H,7-13H2,1-6H3,(H2,18,19,20). The first-order chi connectivity index (χ1) is 10.2. The van der Waals surface area contributed by atoms with E-state index in [0.29, 0.717) is 17.7 Å². The van der Waals surface area contributed by atoms with Crippen LogP contribution in [0.25, 0.3) is 0 Å². The maximum Gasteiger partial charge on any atom is 0.191 e. The number of guanidine groups is 1. The van der Waals surface area contributed by atoms with Crippen molar-refractivity contribution in [3.05, 3.63) is 0 Å². The Kier molecular flexibility index (Phi) is 7.36. The van der Waals surface area contributed by atoms with Crippen LogP contribution in [-0.2, 0) is 10.8 Å². The fourth-order valence-electron chi connectivity index (χ4n) is 3.06. The summed E-state index contributed by atoms with van der Waals surface area (Å²) >= 11 is 0. The van der Waals surface area contributed by atoms with E-state index in [0.717, 1.165) is 18.4 Å². The minimum absolute atomic E-state index is 0.147. The Morgan fingerprint density at radius 2 is 1.91 bits per heavy atom. The highest BCUT2D eigenvalue weighted by atomic mass is 32.2. The second-order valence-electron chi connectivity index (χ2n) is 7.97. The van der Waals surface area contributed by atoms with Crippen LogP contribution in [-0.4, -0.2) is 40.8 Å². The van der Waals surface area contributed by atoms with Crippen LogP contribution in [0.5, 0.6) is 0 Å². The monoisotopic (exact) mass is 329 g/mol. The van der Waals surface area contributed by atoms with E-state index in [1.54, 1.807) is 7.05 Å². The van der Waals surface area contributed by atoms with Crippen molar-refractivity contribution in [1.82, 2.24) is 10.6 Å². The van der Waals surface area contributed by atoms with E-state index in [9.17, 15) is 4.21 Å². The van der Waals surface area contributed by atoms with Crippen LogP contribution in [0.2, 0.25) is 0 Å². The molecule has 1 unspecified atom stereocenters. The van der Waals surface area contributed by atoms with E-state index in [4.69, 9.17) is 0 Å². The van der Waals surface area contributed by atoms with Crippen LogP contribution in [0.1, 0.15) is 60.3 Å². The van der Waals surface area contributed by atoms with Crippen LogP contribution in [0.15, 0.2) is 4.99 Å². The molecule has 1 rings (SSSR count). The smallest absolute Gasteiger partial charge is 0.191 e. The van der Waals surface area contributed by atoms with Gasteiger partial charge in [0.2, 0.25) is 0 Å². The van der Waals surface area contributed by atoms with Crippen molar-refractivity contribution in [3.63, 3.8) is 0 Å². The third kappa shape index (κ3) is 6.27. The molecule has 0 aromatic carbocycles. The maximum atomic E-state index is 12.0. The summed E-state index contributed by atoms with van der Waals surface area (Å²) in [7, 11) is 0.977. The Labute approximate surface area is 139 Å². The lowest BCUT2D eigenvalue weighted by Gasteiger charge is -2.43. The number of rotatable bonds is 7. The van der Waals surface area contributed by atoms with Crippen molar-refractivity contribution >= 4 is 16.8 Å². The quantitative estimate of drug-likeness (QED) is 0.558. The first kappa shape index (κ1) is 19.5. The Hall–Kier alpha value is -0.580. The van der Waals surface area contributed by atoms with E-state index in [1.807, 2.05) is 20.8 Å². The van der Waals surface area contributed by atoms with Crippen LogP contribution in [0.4, 0.5) is 0 Å². The average Bonchev–Trinajstić information content (AvgIpc) is 2.37. The summed E-state index contributed by atoms with van der Waals surface area (Å²) in [5.74, 6) is 2.23. The van der Waals surface area contributed by atoms with Gasteiger partial charge in [-0.2, -0.15) is 0 Å². The van der Waals surface area contributed by atoms with Gasteiger partial charge in [-0.3, -0.25) is 9.20 Å². The molecule has 0 radical (unpaired) electrons. The van der Waals surface area contributed by atoms with Gasteiger partial charge in [-0.05, 0) is 51.4 Å². The number of nitrogens with zero attached hydrogens (tertiary/aromatic N) is 1. The number of hydrogen-bond acceptors (Lipinski definition) is 2. The second-order valence-corrected chi connectivity index (χ2v) is 10.3. The van der Waals surface area contributed by atoms with E-state index in [2.05, 4.69) is 29.5 Å². The van der Waals surface area contributed by atoms with Gasteiger partial charge in [0.15, 0.2) is 5.96 Å². The zero-order chi connectivity index (χ0) is 16.8. The molecular weight excluding hydrogens is 294 g/mol. The molecule has 1 atom stereocenters. The van der Waals surface area contributed by atoms with Gasteiger partial charge < -0.3 is 10.6 Å². The first-order valence-electron chi connectivity index (χ1n) is 8.51. The molecule has 1 aliphatic rings. The number of aliphatic imine (C=N–C) groups is 1. The summed E-state index contributed by atoms with van der Waals surface area (Å²) in [4.78, 5) is 4.28. The zero-order valence-corrected chi connectivity index (χ0v) is 16.1. The topological polar surface area (TPSA) is 53.5 Å². The molecule has 130 valence electrons. The highest BCUT2D eigenvalue weighted by Crippen LogP contribution is 2.45. The molecule has 0 aromatic heterocycles. The fourth-order valence-corrected chi connectivity index (χ4v) is 3.96. The van der Waals surface area contributed by atoms with E-state index < -0.39 is 10.8 Å². The zero-order valence-electron chi connectivity index (χ0n) is 15.3. The van der Waals surface area contributed by atoms with Crippen molar-refractivity contribution in [2.24, 2.45) is 16.3 Å². The highest BCUT2D eigenvalue weighted by molar-refractivity contribution is 7.86. The van der Waals surface area contributed by atoms with Crippen molar-refractivity contribution < 1.29 is 4.21 Å². The lowest BCUT2D eigenvalue weighted by atomic mass is 9.64. The fraction of sp³-hybridized carbons (Fsp3) is 0.941. The summed E-state index contributed by atoms with van der Waals surface area (Å²) in [6.45, 7) is 12.3. The van der Waals surface area contributed by atoms with Crippen molar-refractivity contribution in [1.29, 1.82) is 0 Å². The highest BCUT2D eigenvalue weighted by Gasteiger charge is 2.37. The van der Waals surface area contributed by atoms with Crippen molar-refractivity contribution in [2.75, 3.05) is 25.9 Å². The number of hydrogen-bond donors (Lipinski definition) is 2. The molecule has 0 aromatic rings. The Morgan fingerprint density at radius 3 is 2.32 bits per heavy atom. The van der Waals surface area contributed by atoms with Crippen molar-refractivity contribution in [2.45, 2.75) is 65.0 Å². The molecule has 2 N–H and O–H groups in total. The summed E-state index contributed by atoms with van der Waals surface area (Å²) in [6, 6.07) is 0. The predicted molar refractivity (Wildman–Crippen MR) is 97.9 cm³/mol. The van der Waals surface area contributed by atoms with Gasteiger partial charge in [-0.25, -0.2) is 0 Å². The van der Waals surface area contributed by atoms with Crippen molar-refractivity contribution in [3.8, 4) is 0 Å². The Bertz CT molecular complexity index is 395. The van der Waals surface area contributed by atoms with Crippen LogP contribution >= 0.6 is 0 Å². The summed E-state index contributed by atoms with van der Waals surface area (Å²) in [6.07, 6.45) is 5.28. The Balaban J connectivity index is 2.35. The van der Waals surface area contributed by atoms with E-state index >= 15 is 0 Å². The van der Waals surface area contributed by atoms with Crippen LogP contribution in [0, 0.1) is 11.3 Å². The third-order valence-electron chi connectivity index (χ3n) is 4.37. The lowest BCUT2D eigenvalue weighted by molar-refractivity contribution is 0.104. The van der Waals surface area contributed by atoms with Gasteiger partial charge in [0.25, 0.3) is 0 Å². The largest absolute Gasteiger partial charge is 0.356 e. The molecular formula is C17H35N3OS. The maximum absolute atomic E-state index is 12.0. The summed E-state index contributed by atoms with van der Waals surface area (Å²) < 4.78 is 11.9. The molecule has 1 aliphatic carbocycles. The van der Waals surface area contributed by atoms with Crippen LogP contribution in [0.3, 0.4) is 0 Å². The average molecular weight is 330 g/mol. The van der Waals surface area contributed by atoms with Crippen LogP contribution < -0.4 is 10.6 Å². The molecule has 4 nitrogen and oxygen atoms in total. The first-order valence-corrected chi connectivity index (χ1v) is 9.83. The molecule has 0 spiro atoms. The SMILES string of the molecule is CN=C(NCCS(=O)C(C)(C)C)NCC1(CC(C)C)CCC1. The van der Waals surface area contributed by atoms with Gasteiger partial charge >= 0.3 is 0 Å². The van der Waals surface area contributed by atoms with Gasteiger partial charge in [0.1, 0.15) is 0 Å². The van der Waals surface area contributed by atoms with Gasteiger partial charge in [-0.1, -0.05) is 20.3 Å². The van der Waals surface area contributed by atoms with E-state index in [-0.39, 0.29) is 4.75 Å². The molecule has 0 amide bonds. The van der Waals surface area contributed by atoms with Gasteiger partial charge in [0.05, 0.1) is 0 Å². The molecule has 5 heteroatoms. The number of nitrogens with one attached hydrogen (secondary N) is 2. The minimum atomic E-state index is -0.820. The summed E-state index contributed by atoms with van der Waals surface area (Å²) in [5.41, 5.74) is 0.458. The third-order valence-corrected chi connectivity index (χ3v) is 6.31. The second kappa shape index (κ2) is 8.32. The summed E-state index contributed by atoms with van der Waals surface area (Å²) in [5, 5.41) is 6.76. The predicted octanol–water partition coefficient (Wildman–Crippen LogP) is 2.92.